The molecule has 0 N–H and O–H groups in total. The zero-order valence-electron chi connectivity index (χ0n) is 7.86. The Kier molecular flexibility index (Phi) is 3.01. The third kappa shape index (κ3) is 2.28. The van der Waals surface area contributed by atoms with Gasteiger partial charge in [0.2, 0.25) is 0 Å². The number of nitro groups is 1. The molecule has 0 saturated heterocycles. The Morgan fingerprint density at radius 2 is 2.23 bits per heavy atom. The van der Waals surface area contributed by atoms with Crippen LogP contribution in [0.1, 0.15) is 31.7 Å². The Morgan fingerprint density at radius 3 is 2.77 bits per heavy atom. The molecule has 0 bridgehead atoms. The van der Waals surface area contributed by atoms with Crippen molar-refractivity contribution < 1.29 is 4.92 Å². The molecule has 0 aliphatic carbocycles. The highest BCUT2D eigenvalue weighted by Gasteiger charge is 2.08. The largest absolute Gasteiger partial charge is 0.269 e. The van der Waals surface area contributed by atoms with Gasteiger partial charge in [0.15, 0.2) is 0 Å². The van der Waals surface area contributed by atoms with Gasteiger partial charge in [-0.3, -0.25) is 10.1 Å². The molecule has 0 aliphatic heterocycles. The van der Waals surface area contributed by atoms with E-state index in [0.717, 1.165) is 12.0 Å². The summed E-state index contributed by atoms with van der Waals surface area (Å²) >= 11 is 0. The summed E-state index contributed by atoms with van der Waals surface area (Å²) in [6.45, 7) is 4.14. The van der Waals surface area contributed by atoms with E-state index in [-0.39, 0.29) is 10.6 Å². The second-order valence-electron chi connectivity index (χ2n) is 3.16. The van der Waals surface area contributed by atoms with Crippen LogP contribution in [0.5, 0.6) is 0 Å². The number of benzene rings is 1. The molecule has 0 saturated carbocycles. The van der Waals surface area contributed by atoms with E-state index in [2.05, 4.69) is 13.8 Å². The Bertz CT molecular complexity index is 310. The molecule has 1 unspecified atom stereocenters. The molecule has 1 atom stereocenters. The Labute approximate surface area is 77.5 Å². The molecule has 1 rings (SSSR count). The summed E-state index contributed by atoms with van der Waals surface area (Å²) in [5.41, 5.74) is 1.22. The molecule has 0 amide bonds. The van der Waals surface area contributed by atoms with Crippen molar-refractivity contribution in [1.82, 2.24) is 0 Å². The highest BCUT2D eigenvalue weighted by atomic mass is 16.6. The predicted molar refractivity (Wildman–Crippen MR) is 51.8 cm³/mol. The first kappa shape index (κ1) is 9.71. The van der Waals surface area contributed by atoms with Crippen molar-refractivity contribution in [3.63, 3.8) is 0 Å². The van der Waals surface area contributed by atoms with Crippen molar-refractivity contribution in [3.05, 3.63) is 39.9 Å². The molecular formula is C10H13NO2. The Morgan fingerprint density at radius 1 is 1.54 bits per heavy atom. The zero-order valence-corrected chi connectivity index (χ0v) is 7.86. The highest BCUT2D eigenvalue weighted by Crippen LogP contribution is 2.22. The average Bonchev–Trinajstić information content (AvgIpc) is 2.17. The van der Waals surface area contributed by atoms with Crippen molar-refractivity contribution in [2.75, 3.05) is 0 Å². The predicted octanol–water partition coefficient (Wildman–Crippen LogP) is 3.11. The lowest BCUT2D eigenvalue weighted by molar-refractivity contribution is -0.384. The van der Waals surface area contributed by atoms with Crippen LogP contribution in [0.25, 0.3) is 0 Å². The van der Waals surface area contributed by atoms with E-state index in [1.165, 1.54) is 6.07 Å². The fourth-order valence-corrected chi connectivity index (χ4v) is 1.18. The van der Waals surface area contributed by atoms with Crippen LogP contribution in [-0.4, -0.2) is 4.92 Å². The number of rotatable bonds is 3. The van der Waals surface area contributed by atoms with E-state index < -0.39 is 0 Å². The molecule has 3 heteroatoms. The van der Waals surface area contributed by atoms with Gasteiger partial charge in [-0.1, -0.05) is 26.0 Å². The maximum atomic E-state index is 10.5. The maximum absolute atomic E-state index is 10.5. The van der Waals surface area contributed by atoms with Crippen molar-refractivity contribution >= 4 is 5.69 Å². The first-order valence-electron chi connectivity index (χ1n) is 4.39. The molecule has 0 spiro atoms. The van der Waals surface area contributed by atoms with Crippen LogP contribution in [0.15, 0.2) is 24.3 Å². The topological polar surface area (TPSA) is 43.1 Å². The first-order valence-corrected chi connectivity index (χ1v) is 4.39. The Hall–Kier alpha value is -1.38. The fraction of sp³-hybridized carbons (Fsp3) is 0.400. The second kappa shape index (κ2) is 4.03. The van der Waals surface area contributed by atoms with Gasteiger partial charge in [0, 0.05) is 12.1 Å². The standard InChI is InChI=1S/C10H13NO2/c1-3-8(2)9-5-4-6-10(7-9)11(12)13/h4-8H,3H2,1-2H3. The van der Waals surface area contributed by atoms with Crippen LogP contribution in [0.3, 0.4) is 0 Å². The molecule has 1 aromatic rings. The van der Waals surface area contributed by atoms with Gasteiger partial charge in [0.25, 0.3) is 5.69 Å². The second-order valence-corrected chi connectivity index (χ2v) is 3.16. The molecule has 3 nitrogen and oxygen atoms in total. The van der Waals surface area contributed by atoms with E-state index in [4.69, 9.17) is 0 Å². The van der Waals surface area contributed by atoms with Gasteiger partial charge < -0.3 is 0 Å². The molecule has 0 fully saturated rings. The van der Waals surface area contributed by atoms with Gasteiger partial charge in [-0.15, -0.1) is 0 Å². The summed E-state index contributed by atoms with van der Waals surface area (Å²) < 4.78 is 0. The van der Waals surface area contributed by atoms with Gasteiger partial charge in [0.1, 0.15) is 0 Å². The van der Waals surface area contributed by atoms with E-state index in [0.29, 0.717) is 5.92 Å². The van der Waals surface area contributed by atoms with Crippen molar-refractivity contribution in [1.29, 1.82) is 0 Å². The summed E-state index contributed by atoms with van der Waals surface area (Å²) in [6, 6.07) is 6.83. The van der Waals surface area contributed by atoms with Crippen molar-refractivity contribution in [2.45, 2.75) is 26.2 Å². The van der Waals surface area contributed by atoms with Gasteiger partial charge in [-0.2, -0.15) is 0 Å². The SMILES string of the molecule is CCC(C)c1cccc([N+](=O)[O-])c1. The number of nitro benzene ring substituents is 1. The fourth-order valence-electron chi connectivity index (χ4n) is 1.18. The maximum Gasteiger partial charge on any atom is 0.269 e. The van der Waals surface area contributed by atoms with Crippen molar-refractivity contribution in [2.24, 2.45) is 0 Å². The van der Waals surface area contributed by atoms with E-state index in [1.54, 1.807) is 12.1 Å². The lowest BCUT2D eigenvalue weighted by Gasteiger charge is -2.07. The lowest BCUT2D eigenvalue weighted by atomic mass is 9.98. The minimum atomic E-state index is -0.355. The van der Waals surface area contributed by atoms with Crippen LogP contribution in [0, 0.1) is 10.1 Å². The van der Waals surface area contributed by atoms with Crippen LogP contribution in [0.4, 0.5) is 5.69 Å². The van der Waals surface area contributed by atoms with E-state index in [1.807, 2.05) is 6.07 Å². The first-order chi connectivity index (χ1) is 6.15. The van der Waals surface area contributed by atoms with Gasteiger partial charge >= 0.3 is 0 Å². The quantitative estimate of drug-likeness (QED) is 0.528. The zero-order chi connectivity index (χ0) is 9.84. The smallest absolute Gasteiger partial charge is 0.258 e. The molecular weight excluding hydrogens is 166 g/mol. The molecule has 70 valence electrons. The minimum absolute atomic E-state index is 0.179. The molecule has 13 heavy (non-hydrogen) atoms. The molecule has 1 aromatic carbocycles. The summed E-state index contributed by atoms with van der Waals surface area (Å²) in [4.78, 5) is 10.1. The number of nitrogens with zero attached hydrogens (tertiary/aromatic N) is 1. The van der Waals surface area contributed by atoms with Gasteiger partial charge in [-0.25, -0.2) is 0 Å². The third-order valence-corrected chi connectivity index (χ3v) is 2.26. The van der Waals surface area contributed by atoms with Crippen LogP contribution >= 0.6 is 0 Å². The Balaban J connectivity index is 2.98. The minimum Gasteiger partial charge on any atom is -0.258 e. The van der Waals surface area contributed by atoms with Gasteiger partial charge in [-0.05, 0) is 17.9 Å². The number of hydrogen-bond acceptors (Lipinski definition) is 2. The van der Waals surface area contributed by atoms with Gasteiger partial charge in [0.05, 0.1) is 4.92 Å². The monoisotopic (exact) mass is 179 g/mol. The van der Waals surface area contributed by atoms with Crippen LogP contribution < -0.4 is 0 Å². The third-order valence-electron chi connectivity index (χ3n) is 2.26. The van der Waals surface area contributed by atoms with E-state index >= 15 is 0 Å². The van der Waals surface area contributed by atoms with Crippen LogP contribution in [-0.2, 0) is 0 Å². The molecule has 0 radical (unpaired) electrons. The summed E-state index contributed by atoms with van der Waals surface area (Å²) in [7, 11) is 0. The molecule has 0 heterocycles. The summed E-state index contributed by atoms with van der Waals surface area (Å²) in [5, 5.41) is 10.5. The number of hydrogen-bond donors (Lipinski definition) is 0. The van der Waals surface area contributed by atoms with E-state index in [9.17, 15) is 10.1 Å². The average molecular weight is 179 g/mol. The molecule has 0 aliphatic rings. The summed E-state index contributed by atoms with van der Waals surface area (Å²) in [6.07, 6.45) is 1.00. The van der Waals surface area contributed by atoms with Crippen molar-refractivity contribution in [3.8, 4) is 0 Å². The highest BCUT2D eigenvalue weighted by molar-refractivity contribution is 5.35. The number of non-ortho nitro benzene ring substituents is 1. The molecule has 0 aromatic heterocycles. The normalized spacial score (nSPS) is 12.5. The summed E-state index contributed by atoms with van der Waals surface area (Å²) in [5.74, 6) is 0.389. The lowest BCUT2D eigenvalue weighted by Crippen LogP contribution is -1.93. The van der Waals surface area contributed by atoms with Crippen LogP contribution in [0.2, 0.25) is 0 Å².